The van der Waals surface area contributed by atoms with Crippen LogP contribution in [0.5, 0.6) is 0 Å². The van der Waals surface area contributed by atoms with Gasteiger partial charge in [0.1, 0.15) is 0 Å². The molecule has 0 amide bonds. The van der Waals surface area contributed by atoms with Crippen LogP contribution >= 0.6 is 0 Å². The summed E-state index contributed by atoms with van der Waals surface area (Å²) in [5.41, 5.74) is 5.27. The molecule has 0 aliphatic heterocycles. The summed E-state index contributed by atoms with van der Waals surface area (Å²) in [6, 6.07) is 2.03. The van der Waals surface area contributed by atoms with Crippen molar-refractivity contribution in [3.8, 4) is 0 Å². The second kappa shape index (κ2) is 4.01. The fourth-order valence-electron chi connectivity index (χ4n) is 2.48. The van der Waals surface area contributed by atoms with Crippen LogP contribution in [0, 0.1) is 5.41 Å². The third kappa shape index (κ3) is 2.02. The van der Waals surface area contributed by atoms with Gasteiger partial charge in [0.25, 0.3) is 0 Å². The SMILES string of the molecule is CC(C)(C)C1CCCc2cc(NN)nnc21. The van der Waals surface area contributed by atoms with Crippen LogP contribution in [0.3, 0.4) is 0 Å². The molecule has 0 saturated carbocycles. The Morgan fingerprint density at radius 2 is 2.12 bits per heavy atom. The summed E-state index contributed by atoms with van der Waals surface area (Å²) in [6.45, 7) is 6.80. The minimum Gasteiger partial charge on any atom is -0.307 e. The largest absolute Gasteiger partial charge is 0.307 e. The normalized spacial score (nSPS) is 20.4. The van der Waals surface area contributed by atoms with Crippen LogP contribution in [0.4, 0.5) is 5.82 Å². The molecule has 1 unspecified atom stereocenters. The average molecular weight is 220 g/mol. The van der Waals surface area contributed by atoms with E-state index >= 15 is 0 Å². The number of hydrogen-bond acceptors (Lipinski definition) is 4. The van der Waals surface area contributed by atoms with Gasteiger partial charge >= 0.3 is 0 Å². The number of nitrogens with two attached hydrogens (primary N) is 1. The van der Waals surface area contributed by atoms with Crippen LogP contribution < -0.4 is 11.3 Å². The Hall–Kier alpha value is -1.16. The number of anilines is 1. The van der Waals surface area contributed by atoms with Gasteiger partial charge in [0.15, 0.2) is 5.82 Å². The molecule has 0 saturated heterocycles. The number of aromatic nitrogens is 2. The van der Waals surface area contributed by atoms with Crippen molar-refractivity contribution >= 4 is 5.82 Å². The third-order valence-electron chi connectivity index (χ3n) is 3.37. The smallest absolute Gasteiger partial charge is 0.162 e. The van der Waals surface area contributed by atoms with Gasteiger partial charge in [-0.3, -0.25) is 0 Å². The predicted octanol–water partition coefficient (Wildman–Crippen LogP) is 2.23. The van der Waals surface area contributed by atoms with Gasteiger partial charge < -0.3 is 5.43 Å². The van der Waals surface area contributed by atoms with Crippen molar-refractivity contribution in [2.24, 2.45) is 11.3 Å². The molecule has 16 heavy (non-hydrogen) atoms. The Balaban J connectivity index is 2.40. The molecule has 1 aliphatic rings. The zero-order valence-corrected chi connectivity index (χ0v) is 10.2. The molecule has 1 heterocycles. The molecule has 4 heteroatoms. The molecule has 1 atom stereocenters. The van der Waals surface area contributed by atoms with Crippen molar-refractivity contribution in [1.29, 1.82) is 0 Å². The minimum absolute atomic E-state index is 0.251. The lowest BCUT2D eigenvalue weighted by molar-refractivity contribution is 0.282. The predicted molar refractivity (Wildman–Crippen MR) is 65.0 cm³/mol. The van der Waals surface area contributed by atoms with Crippen LogP contribution in [0.15, 0.2) is 6.07 Å². The second-order valence-corrected chi connectivity index (χ2v) is 5.60. The molecule has 0 radical (unpaired) electrons. The number of fused-ring (bicyclic) bond motifs is 1. The van der Waals surface area contributed by atoms with E-state index in [1.165, 1.54) is 18.4 Å². The van der Waals surface area contributed by atoms with E-state index in [2.05, 4.69) is 36.4 Å². The summed E-state index contributed by atoms with van der Waals surface area (Å²) in [4.78, 5) is 0. The summed E-state index contributed by atoms with van der Waals surface area (Å²) in [5.74, 6) is 6.52. The fourth-order valence-corrected chi connectivity index (χ4v) is 2.48. The van der Waals surface area contributed by atoms with E-state index in [4.69, 9.17) is 5.84 Å². The zero-order valence-electron chi connectivity index (χ0n) is 10.2. The van der Waals surface area contributed by atoms with Crippen LogP contribution in [-0.4, -0.2) is 10.2 Å². The van der Waals surface area contributed by atoms with Crippen molar-refractivity contribution in [3.05, 3.63) is 17.3 Å². The van der Waals surface area contributed by atoms with Gasteiger partial charge in [-0.15, -0.1) is 5.10 Å². The maximum atomic E-state index is 5.35. The topological polar surface area (TPSA) is 63.8 Å². The Kier molecular flexibility index (Phi) is 2.84. The first-order chi connectivity index (χ1) is 7.52. The van der Waals surface area contributed by atoms with Crippen LogP contribution in [0.1, 0.15) is 50.8 Å². The molecule has 3 N–H and O–H groups in total. The molecule has 1 aromatic rings. The molecule has 4 nitrogen and oxygen atoms in total. The van der Waals surface area contributed by atoms with Gasteiger partial charge in [-0.05, 0) is 36.3 Å². The number of nitrogen functional groups attached to an aromatic ring is 1. The van der Waals surface area contributed by atoms with Gasteiger partial charge in [0.2, 0.25) is 0 Å². The highest BCUT2D eigenvalue weighted by atomic mass is 15.3. The first-order valence-electron chi connectivity index (χ1n) is 5.85. The first kappa shape index (κ1) is 11.3. The lowest BCUT2D eigenvalue weighted by Gasteiger charge is -2.34. The highest BCUT2D eigenvalue weighted by Gasteiger charge is 2.32. The number of nitrogens with one attached hydrogen (secondary N) is 1. The lowest BCUT2D eigenvalue weighted by atomic mass is 9.72. The number of hydrazine groups is 1. The number of aryl methyl sites for hydroxylation is 1. The maximum absolute atomic E-state index is 5.35. The Labute approximate surface area is 96.6 Å². The van der Waals surface area contributed by atoms with Gasteiger partial charge in [-0.1, -0.05) is 20.8 Å². The van der Waals surface area contributed by atoms with Crippen molar-refractivity contribution in [2.45, 2.75) is 46.0 Å². The van der Waals surface area contributed by atoms with Gasteiger partial charge in [0.05, 0.1) is 5.69 Å². The van der Waals surface area contributed by atoms with E-state index in [1.807, 2.05) is 6.07 Å². The molecule has 0 fully saturated rings. The highest BCUT2D eigenvalue weighted by molar-refractivity contribution is 5.39. The minimum atomic E-state index is 0.251. The maximum Gasteiger partial charge on any atom is 0.162 e. The number of rotatable bonds is 1. The van der Waals surface area contributed by atoms with Gasteiger partial charge in [0, 0.05) is 5.92 Å². The third-order valence-corrected chi connectivity index (χ3v) is 3.37. The molecule has 0 aromatic carbocycles. The zero-order chi connectivity index (χ0) is 11.8. The molecule has 88 valence electrons. The molecule has 1 aliphatic carbocycles. The number of nitrogens with zero attached hydrogens (tertiary/aromatic N) is 2. The summed E-state index contributed by atoms with van der Waals surface area (Å²) in [6.07, 6.45) is 3.53. The summed E-state index contributed by atoms with van der Waals surface area (Å²) in [5, 5.41) is 8.43. The molecule has 0 bridgehead atoms. The van der Waals surface area contributed by atoms with E-state index in [9.17, 15) is 0 Å². The van der Waals surface area contributed by atoms with Crippen LogP contribution in [0.25, 0.3) is 0 Å². The van der Waals surface area contributed by atoms with E-state index in [1.54, 1.807) is 0 Å². The van der Waals surface area contributed by atoms with Crippen LogP contribution in [-0.2, 0) is 6.42 Å². The van der Waals surface area contributed by atoms with Gasteiger partial charge in [-0.25, -0.2) is 5.84 Å². The molecule has 0 spiro atoms. The standard InChI is InChI=1S/C12H20N4/c1-12(2,3)9-6-4-5-8-7-10(14-13)15-16-11(8)9/h7,9H,4-6,13H2,1-3H3,(H,14,15). The van der Waals surface area contributed by atoms with E-state index < -0.39 is 0 Å². The Morgan fingerprint density at radius 3 is 2.75 bits per heavy atom. The lowest BCUT2D eigenvalue weighted by Crippen LogP contribution is -2.25. The van der Waals surface area contributed by atoms with Crippen molar-refractivity contribution in [3.63, 3.8) is 0 Å². The molecule has 1 aromatic heterocycles. The fraction of sp³-hybridized carbons (Fsp3) is 0.667. The molecular weight excluding hydrogens is 200 g/mol. The Bertz CT molecular complexity index is 381. The van der Waals surface area contributed by atoms with E-state index in [-0.39, 0.29) is 5.41 Å². The van der Waals surface area contributed by atoms with E-state index in [0.29, 0.717) is 11.7 Å². The van der Waals surface area contributed by atoms with Crippen molar-refractivity contribution in [2.75, 3.05) is 5.43 Å². The summed E-state index contributed by atoms with van der Waals surface area (Å²) in [7, 11) is 0. The number of hydrogen-bond donors (Lipinski definition) is 2. The van der Waals surface area contributed by atoms with E-state index in [0.717, 1.165) is 12.1 Å². The Morgan fingerprint density at radius 1 is 1.38 bits per heavy atom. The second-order valence-electron chi connectivity index (χ2n) is 5.60. The average Bonchev–Trinajstić information content (AvgIpc) is 2.26. The highest BCUT2D eigenvalue weighted by Crippen LogP contribution is 2.42. The molecular formula is C12H20N4. The first-order valence-corrected chi connectivity index (χ1v) is 5.85. The van der Waals surface area contributed by atoms with Crippen molar-refractivity contribution < 1.29 is 0 Å². The van der Waals surface area contributed by atoms with Crippen molar-refractivity contribution in [1.82, 2.24) is 10.2 Å². The van der Waals surface area contributed by atoms with Crippen LogP contribution in [0.2, 0.25) is 0 Å². The quantitative estimate of drug-likeness (QED) is 0.562. The van der Waals surface area contributed by atoms with Gasteiger partial charge in [-0.2, -0.15) is 5.10 Å². The summed E-state index contributed by atoms with van der Waals surface area (Å²) < 4.78 is 0. The molecule has 2 rings (SSSR count). The summed E-state index contributed by atoms with van der Waals surface area (Å²) >= 11 is 0. The monoisotopic (exact) mass is 220 g/mol.